The monoisotopic (exact) mass is 886 g/mol. The molecule has 12 nitrogen and oxygen atoms in total. The second kappa shape index (κ2) is 18.4. The van der Waals surface area contributed by atoms with Gasteiger partial charge in [-0.25, -0.2) is 45.6 Å². The van der Waals surface area contributed by atoms with Crippen LogP contribution in [0.2, 0.25) is 10.0 Å². The third-order valence-electron chi connectivity index (χ3n) is 11.3. The summed E-state index contributed by atoms with van der Waals surface area (Å²) in [5.41, 5.74) is 5.73. The van der Waals surface area contributed by atoms with Gasteiger partial charge < -0.3 is 0 Å². The molecule has 4 aromatic heterocycles. The molecule has 18 heteroatoms. The number of sulfonamides is 2. The number of nitrogens with zero attached hydrogens (tertiary/aromatic N) is 8. The van der Waals surface area contributed by atoms with Crippen LogP contribution in [0.1, 0.15) is 104 Å². The molecule has 2 atom stereocenters. The fourth-order valence-electron chi connectivity index (χ4n) is 8.28. The Morgan fingerprint density at radius 1 is 0.678 bits per heavy atom. The molecule has 6 heterocycles. The maximum atomic E-state index is 14.5. The maximum Gasteiger partial charge on any atom is 0.214 e. The molecule has 59 heavy (non-hydrogen) atoms. The van der Waals surface area contributed by atoms with Crippen LogP contribution in [0.4, 0.5) is 8.78 Å². The second-order valence-corrected chi connectivity index (χ2v) is 20.2. The van der Waals surface area contributed by atoms with E-state index in [1.165, 1.54) is 18.6 Å². The topological polar surface area (TPSA) is 152 Å². The van der Waals surface area contributed by atoms with Crippen molar-refractivity contribution < 1.29 is 25.6 Å². The average Bonchev–Trinajstić information content (AvgIpc) is 3.84. The summed E-state index contributed by atoms with van der Waals surface area (Å²) in [6, 6.07) is 3.41. The van der Waals surface area contributed by atoms with Crippen LogP contribution in [0, 0.1) is 11.6 Å². The minimum Gasteiger partial charge on any atom is -0.259 e. The van der Waals surface area contributed by atoms with E-state index in [2.05, 4.69) is 29.9 Å². The van der Waals surface area contributed by atoms with Gasteiger partial charge in [0, 0.05) is 72.7 Å². The molecule has 2 saturated heterocycles. The number of aromatic nitrogens is 6. The highest BCUT2D eigenvalue weighted by molar-refractivity contribution is 7.89. The third kappa shape index (κ3) is 10.1. The Bertz CT molecular complexity index is 2510. The van der Waals surface area contributed by atoms with Gasteiger partial charge in [-0.05, 0) is 70.4 Å². The van der Waals surface area contributed by atoms with Gasteiger partial charge in [0.2, 0.25) is 20.0 Å². The number of aryl methyl sites for hydroxylation is 2. The van der Waals surface area contributed by atoms with Gasteiger partial charge in [-0.15, -0.1) is 0 Å². The van der Waals surface area contributed by atoms with E-state index in [1.807, 2.05) is 24.3 Å². The van der Waals surface area contributed by atoms with Gasteiger partial charge in [0.1, 0.15) is 0 Å². The van der Waals surface area contributed by atoms with Gasteiger partial charge in [0.15, 0.2) is 23.3 Å². The van der Waals surface area contributed by atoms with Gasteiger partial charge in [0.05, 0.1) is 57.2 Å². The second-order valence-electron chi connectivity index (χ2n) is 15.2. The van der Waals surface area contributed by atoms with Crippen molar-refractivity contribution in [2.24, 2.45) is 0 Å². The molecular formula is C41H46Cl2F2N8O4S2. The van der Waals surface area contributed by atoms with Crippen LogP contribution in [-0.2, 0) is 45.7 Å². The molecule has 0 bridgehead atoms. The van der Waals surface area contributed by atoms with Gasteiger partial charge in [-0.3, -0.25) is 9.97 Å². The fraction of sp³-hybridized carbons (Fsp3) is 0.463. The van der Waals surface area contributed by atoms with E-state index in [0.717, 1.165) is 72.2 Å². The number of rotatable bonds is 11. The van der Waals surface area contributed by atoms with Crippen LogP contribution >= 0.6 is 23.2 Å². The molecule has 0 N–H and O–H groups in total. The predicted molar refractivity (Wildman–Crippen MR) is 224 cm³/mol. The summed E-state index contributed by atoms with van der Waals surface area (Å²) in [6.07, 6.45) is 19.1. The molecule has 0 radical (unpaired) electrons. The van der Waals surface area contributed by atoms with Crippen LogP contribution in [-0.4, -0.2) is 92.5 Å². The summed E-state index contributed by atoms with van der Waals surface area (Å²) in [4.78, 5) is 26.0. The standard InChI is InChI=1S/C21H24ClFN4O2S.C20H22ClFN4O2S/c1-2-30(28,29)27-10-4-3-5-15(27)6-8-20-18(23)13-25-21(26-20)16-7-9-19-17(16)11-14(22)12-24-19;1-29(27,28)26-9-3-2-4-14(26)5-7-19-17(22)12-24-20(25-19)15-6-8-18-16(15)10-13(21)11-23-18/h7,11-13,15H,2-6,8-10H2,1H3;6,10-12,14H,2-5,7-9H2,1H3. The van der Waals surface area contributed by atoms with Crippen LogP contribution in [0.15, 0.2) is 49.1 Å². The summed E-state index contributed by atoms with van der Waals surface area (Å²) in [5, 5.41) is 1.05. The van der Waals surface area contributed by atoms with Gasteiger partial charge >= 0.3 is 0 Å². The normalized spacial score (nSPS) is 19.7. The lowest BCUT2D eigenvalue weighted by Gasteiger charge is -2.34. The maximum absolute atomic E-state index is 14.5. The zero-order chi connectivity index (χ0) is 41.9. The van der Waals surface area contributed by atoms with E-state index in [9.17, 15) is 25.6 Å². The summed E-state index contributed by atoms with van der Waals surface area (Å²) in [6.45, 7) is 2.72. The molecule has 2 aliphatic carbocycles. The molecule has 2 aliphatic heterocycles. The lowest BCUT2D eigenvalue weighted by molar-refractivity contribution is 0.240. The minimum absolute atomic E-state index is 0.0830. The fourth-order valence-corrected chi connectivity index (χ4v) is 11.2. The predicted octanol–water partition coefficient (Wildman–Crippen LogP) is 7.19. The molecule has 4 aliphatic rings. The molecule has 2 fully saturated rings. The first-order valence-corrected chi connectivity index (χ1v) is 24.1. The van der Waals surface area contributed by atoms with E-state index < -0.39 is 31.7 Å². The molecule has 8 rings (SSSR count). The van der Waals surface area contributed by atoms with Crippen molar-refractivity contribution in [2.75, 3.05) is 25.1 Å². The molecule has 2 unspecified atom stereocenters. The molecule has 0 aromatic carbocycles. The molecule has 4 aromatic rings. The van der Waals surface area contributed by atoms with Gasteiger partial charge in [0.25, 0.3) is 0 Å². The summed E-state index contributed by atoms with van der Waals surface area (Å²) in [5.74, 6) is 0.0179. The van der Waals surface area contributed by atoms with Crippen LogP contribution < -0.4 is 0 Å². The highest BCUT2D eigenvalue weighted by Gasteiger charge is 2.32. The van der Waals surface area contributed by atoms with Crippen LogP contribution in [0.3, 0.4) is 0 Å². The third-order valence-corrected chi connectivity index (χ3v) is 15.0. The minimum atomic E-state index is -3.27. The van der Waals surface area contributed by atoms with Crippen molar-refractivity contribution in [3.8, 4) is 0 Å². The first-order valence-electron chi connectivity index (χ1n) is 19.9. The SMILES string of the molecule is CCS(=O)(=O)N1CCCCC1CCc1nc(C2=CCc3ncc(Cl)cc32)ncc1F.CS(=O)(=O)N1CCCCC1CCc1nc(C2=CCc3ncc(Cl)cc32)ncc1F. The van der Waals surface area contributed by atoms with E-state index in [4.69, 9.17) is 23.2 Å². The van der Waals surface area contributed by atoms with Crippen LogP contribution in [0.5, 0.6) is 0 Å². The largest absolute Gasteiger partial charge is 0.259 e. The van der Waals surface area contributed by atoms with Gasteiger partial charge in [-0.2, -0.15) is 8.61 Å². The smallest absolute Gasteiger partial charge is 0.214 e. The summed E-state index contributed by atoms with van der Waals surface area (Å²) >= 11 is 12.2. The number of piperidine rings is 2. The Morgan fingerprint density at radius 2 is 1.14 bits per heavy atom. The van der Waals surface area contributed by atoms with Crippen LogP contribution in [0.25, 0.3) is 11.1 Å². The number of pyridine rings is 2. The zero-order valence-electron chi connectivity index (χ0n) is 32.9. The Kier molecular flexibility index (Phi) is 13.5. The average molecular weight is 888 g/mol. The molecule has 0 spiro atoms. The van der Waals surface area contributed by atoms with E-state index in [-0.39, 0.29) is 17.8 Å². The van der Waals surface area contributed by atoms with Crippen molar-refractivity contribution in [3.63, 3.8) is 0 Å². The molecule has 0 saturated carbocycles. The quantitative estimate of drug-likeness (QED) is 0.151. The number of hydrogen-bond donors (Lipinski definition) is 0. The highest BCUT2D eigenvalue weighted by Crippen LogP contribution is 2.34. The Morgan fingerprint density at radius 3 is 1.59 bits per heavy atom. The lowest BCUT2D eigenvalue weighted by Crippen LogP contribution is -2.44. The first-order chi connectivity index (χ1) is 28.2. The number of halogens is 4. The molecule has 314 valence electrons. The van der Waals surface area contributed by atoms with Crippen molar-refractivity contribution >= 4 is 54.4 Å². The Hall–Kier alpha value is -3.80. The highest BCUT2D eigenvalue weighted by atomic mass is 35.5. The number of fused-ring (bicyclic) bond motifs is 2. The van der Waals surface area contributed by atoms with Crippen molar-refractivity contribution in [1.82, 2.24) is 38.5 Å². The van der Waals surface area contributed by atoms with E-state index in [1.54, 1.807) is 27.9 Å². The van der Waals surface area contributed by atoms with E-state index in [0.29, 0.717) is 84.7 Å². The van der Waals surface area contributed by atoms with Crippen molar-refractivity contribution in [3.05, 3.63) is 116 Å². The van der Waals surface area contributed by atoms with E-state index >= 15 is 0 Å². The number of hydrogen-bond acceptors (Lipinski definition) is 10. The van der Waals surface area contributed by atoms with Gasteiger partial charge in [-0.1, -0.05) is 48.2 Å². The van der Waals surface area contributed by atoms with Crippen molar-refractivity contribution in [2.45, 2.75) is 96.1 Å². The summed E-state index contributed by atoms with van der Waals surface area (Å²) in [7, 11) is -6.54. The molecule has 0 amide bonds. The zero-order valence-corrected chi connectivity index (χ0v) is 36.1. The first kappa shape index (κ1) is 43.3. The van der Waals surface area contributed by atoms with Crippen molar-refractivity contribution in [1.29, 1.82) is 0 Å². The summed E-state index contributed by atoms with van der Waals surface area (Å²) < 4.78 is 80.9. The molecular weight excluding hydrogens is 842 g/mol. The Balaban J connectivity index is 0.000000179. The Labute approximate surface area is 354 Å². The lowest BCUT2D eigenvalue weighted by atomic mass is 9.99. The number of allylic oxidation sites excluding steroid dienone is 2.